The number of nitrogens with one attached hydrogen (secondary N) is 1. The number of nitrogens with two attached hydrogens (primary N) is 1. The van der Waals surface area contributed by atoms with Gasteiger partial charge in [0.05, 0.1) is 0 Å². The zero-order valence-electron chi connectivity index (χ0n) is 6.85. The van der Waals surface area contributed by atoms with Crippen LogP contribution in [0.15, 0.2) is 12.2 Å². The van der Waals surface area contributed by atoms with Gasteiger partial charge < -0.3 is 10.2 Å². The van der Waals surface area contributed by atoms with Gasteiger partial charge in [0.25, 0.3) is 11.9 Å². The lowest BCUT2D eigenvalue weighted by Crippen LogP contribution is -2.28. The lowest BCUT2D eigenvalue weighted by molar-refractivity contribution is -0.134. The highest BCUT2D eigenvalue weighted by Gasteiger charge is 1.90. The number of hydrogen-bond donors (Lipinski definition) is 4. The van der Waals surface area contributed by atoms with Crippen LogP contribution in [0.1, 0.15) is 6.92 Å². The van der Waals surface area contributed by atoms with Gasteiger partial charge in [0, 0.05) is 19.1 Å². The van der Waals surface area contributed by atoms with E-state index in [1.54, 1.807) is 5.43 Å². The fourth-order valence-corrected chi connectivity index (χ4v) is 0.195. The minimum Gasteiger partial charge on any atom is -0.481 e. The highest BCUT2D eigenvalue weighted by Crippen LogP contribution is 1.70. The average Bonchev–Trinajstić information content (AvgIpc) is 1.99. The Labute approximate surface area is 73.8 Å². The molecule has 7 heteroatoms. The van der Waals surface area contributed by atoms with E-state index >= 15 is 0 Å². The molecule has 0 saturated carbocycles. The molecule has 0 fully saturated rings. The monoisotopic (exact) mass is 190 g/mol. The average molecular weight is 190 g/mol. The molecule has 0 aromatic rings. The molecule has 0 radical (unpaired) electrons. The van der Waals surface area contributed by atoms with Crippen molar-refractivity contribution in [2.75, 3.05) is 0 Å². The number of aliphatic carboxylic acids is 2. The molecule has 0 aromatic carbocycles. The van der Waals surface area contributed by atoms with Gasteiger partial charge in [0.1, 0.15) is 0 Å². The number of carbonyl (C=O) groups is 3. The van der Waals surface area contributed by atoms with Gasteiger partial charge in [0.2, 0.25) is 0 Å². The Bertz CT molecular complexity index is 219. The van der Waals surface area contributed by atoms with Gasteiger partial charge in [-0.15, -0.1) is 0 Å². The number of amides is 1. The molecule has 0 atom stereocenters. The molecular formula is C6H10N2O5. The van der Waals surface area contributed by atoms with E-state index in [9.17, 15) is 9.59 Å². The first-order valence-corrected chi connectivity index (χ1v) is 3.01. The van der Waals surface area contributed by atoms with Crippen molar-refractivity contribution in [3.8, 4) is 0 Å². The number of hydrazine groups is 1. The molecule has 7 nitrogen and oxygen atoms in total. The van der Waals surface area contributed by atoms with Crippen molar-refractivity contribution in [2.45, 2.75) is 6.92 Å². The second-order valence-electron chi connectivity index (χ2n) is 1.70. The summed E-state index contributed by atoms with van der Waals surface area (Å²) in [6.45, 7) is 1.08. The standard InChI is InChI=1S/C4H6N2O3.C2H4O2/c5-6-3(7)1-2-4(8)9;1-2(3)4/h1-2H,5H2,(H,6,7)(H,8,9);1H3,(H,3,4)/b2-1-;. The van der Waals surface area contributed by atoms with Crippen LogP contribution in [-0.4, -0.2) is 28.1 Å². The Hall–Kier alpha value is -1.89. The molecule has 5 N–H and O–H groups in total. The first-order valence-electron chi connectivity index (χ1n) is 3.01. The molecule has 0 bridgehead atoms. The van der Waals surface area contributed by atoms with E-state index in [0.717, 1.165) is 13.0 Å². The Balaban J connectivity index is 0. The summed E-state index contributed by atoms with van der Waals surface area (Å²) < 4.78 is 0. The maximum absolute atomic E-state index is 10.1. The van der Waals surface area contributed by atoms with E-state index in [1.165, 1.54) is 0 Å². The Morgan fingerprint density at radius 3 is 1.85 bits per heavy atom. The second-order valence-corrected chi connectivity index (χ2v) is 1.70. The van der Waals surface area contributed by atoms with Crippen molar-refractivity contribution >= 4 is 17.8 Å². The van der Waals surface area contributed by atoms with Gasteiger partial charge in [-0.05, 0) is 0 Å². The predicted molar refractivity (Wildman–Crippen MR) is 42.4 cm³/mol. The summed E-state index contributed by atoms with van der Waals surface area (Å²) in [7, 11) is 0. The summed E-state index contributed by atoms with van der Waals surface area (Å²) in [5.74, 6) is 1.96. The third-order valence-electron chi connectivity index (χ3n) is 0.520. The fourth-order valence-electron chi connectivity index (χ4n) is 0.195. The number of rotatable bonds is 2. The van der Waals surface area contributed by atoms with E-state index in [4.69, 9.17) is 15.0 Å². The quantitative estimate of drug-likeness (QED) is 0.185. The van der Waals surface area contributed by atoms with Crippen molar-refractivity contribution in [1.82, 2.24) is 5.43 Å². The van der Waals surface area contributed by atoms with Crippen molar-refractivity contribution in [2.24, 2.45) is 5.84 Å². The van der Waals surface area contributed by atoms with Crippen molar-refractivity contribution < 1.29 is 24.6 Å². The van der Waals surface area contributed by atoms with E-state index < -0.39 is 17.8 Å². The molecule has 0 spiro atoms. The topological polar surface area (TPSA) is 130 Å². The number of carboxylic acid groups (broad SMARTS) is 2. The Morgan fingerprint density at radius 2 is 1.62 bits per heavy atom. The van der Waals surface area contributed by atoms with Crippen molar-refractivity contribution in [3.05, 3.63) is 12.2 Å². The molecule has 0 saturated heterocycles. The van der Waals surface area contributed by atoms with Crippen LogP contribution in [-0.2, 0) is 14.4 Å². The van der Waals surface area contributed by atoms with Crippen LogP contribution < -0.4 is 11.3 Å². The molecule has 0 unspecified atom stereocenters. The van der Waals surface area contributed by atoms with Gasteiger partial charge in [0.15, 0.2) is 0 Å². The van der Waals surface area contributed by atoms with Crippen LogP contribution in [0.2, 0.25) is 0 Å². The summed E-state index contributed by atoms with van der Waals surface area (Å²) >= 11 is 0. The van der Waals surface area contributed by atoms with E-state index in [1.807, 2.05) is 0 Å². The Kier molecular flexibility index (Phi) is 8.64. The molecule has 0 rings (SSSR count). The third kappa shape index (κ3) is 25.5. The highest BCUT2D eigenvalue weighted by atomic mass is 16.4. The fraction of sp³-hybridized carbons (Fsp3) is 0.167. The van der Waals surface area contributed by atoms with E-state index in [2.05, 4.69) is 5.84 Å². The maximum Gasteiger partial charge on any atom is 0.328 e. The molecular weight excluding hydrogens is 180 g/mol. The summed E-state index contributed by atoms with van der Waals surface area (Å²) in [6.07, 6.45) is 1.52. The number of carbonyl (C=O) groups excluding carboxylic acids is 1. The number of hydrogen-bond acceptors (Lipinski definition) is 4. The van der Waals surface area contributed by atoms with Gasteiger partial charge in [-0.25, -0.2) is 10.6 Å². The highest BCUT2D eigenvalue weighted by molar-refractivity contribution is 5.93. The maximum atomic E-state index is 10.1. The minimum atomic E-state index is -1.18. The SMILES string of the molecule is CC(=O)O.NNC(=O)/C=C\C(=O)O. The Morgan fingerprint density at radius 1 is 1.23 bits per heavy atom. The van der Waals surface area contributed by atoms with E-state index in [0.29, 0.717) is 6.08 Å². The van der Waals surface area contributed by atoms with Crippen molar-refractivity contribution in [3.63, 3.8) is 0 Å². The molecule has 0 aliphatic heterocycles. The smallest absolute Gasteiger partial charge is 0.328 e. The molecule has 0 aliphatic rings. The normalized spacial score (nSPS) is 8.46. The first-order chi connectivity index (χ1) is 5.90. The molecule has 0 heterocycles. The van der Waals surface area contributed by atoms with Crippen LogP contribution in [0, 0.1) is 0 Å². The van der Waals surface area contributed by atoms with Gasteiger partial charge in [-0.2, -0.15) is 0 Å². The second kappa shape index (κ2) is 8.21. The molecule has 0 aromatic heterocycles. The zero-order chi connectivity index (χ0) is 10.9. The minimum absolute atomic E-state index is 0.641. The van der Waals surface area contributed by atoms with Crippen LogP contribution in [0.4, 0.5) is 0 Å². The summed E-state index contributed by atoms with van der Waals surface area (Å²) in [5, 5.41) is 15.4. The zero-order valence-corrected chi connectivity index (χ0v) is 6.85. The van der Waals surface area contributed by atoms with Crippen LogP contribution in [0.25, 0.3) is 0 Å². The summed E-state index contributed by atoms with van der Waals surface area (Å²) in [6, 6.07) is 0. The lowest BCUT2D eigenvalue weighted by atomic mass is 10.5. The van der Waals surface area contributed by atoms with Crippen LogP contribution >= 0.6 is 0 Å². The first kappa shape index (κ1) is 13.7. The summed E-state index contributed by atoms with van der Waals surface area (Å²) in [5.41, 5.74) is 1.73. The molecule has 13 heavy (non-hydrogen) atoms. The van der Waals surface area contributed by atoms with Crippen LogP contribution in [0.5, 0.6) is 0 Å². The lowest BCUT2D eigenvalue weighted by Gasteiger charge is -1.85. The molecule has 1 amide bonds. The van der Waals surface area contributed by atoms with Crippen LogP contribution in [0.3, 0.4) is 0 Å². The largest absolute Gasteiger partial charge is 0.481 e. The summed E-state index contributed by atoms with van der Waals surface area (Å²) in [4.78, 5) is 28.8. The van der Waals surface area contributed by atoms with Gasteiger partial charge >= 0.3 is 5.97 Å². The van der Waals surface area contributed by atoms with Gasteiger partial charge in [-0.1, -0.05) is 0 Å². The predicted octanol–water partition coefficient (Wildman–Crippen LogP) is -1.29. The van der Waals surface area contributed by atoms with Gasteiger partial charge in [-0.3, -0.25) is 15.0 Å². The molecule has 0 aliphatic carbocycles. The van der Waals surface area contributed by atoms with Crippen molar-refractivity contribution in [1.29, 1.82) is 0 Å². The molecule has 74 valence electrons. The van der Waals surface area contributed by atoms with E-state index in [-0.39, 0.29) is 0 Å². The third-order valence-corrected chi connectivity index (χ3v) is 0.520. The number of carboxylic acids is 2.